The van der Waals surface area contributed by atoms with E-state index < -0.39 is 5.41 Å². The number of hydrogen-bond acceptors (Lipinski definition) is 3. The average Bonchev–Trinajstić information content (AvgIpc) is 3.82. The van der Waals surface area contributed by atoms with Crippen molar-refractivity contribution >= 4 is 21.9 Å². The number of furan rings is 1. The molecule has 1 spiro atoms. The number of para-hydroxylation sites is 1. The molecule has 0 amide bonds. The summed E-state index contributed by atoms with van der Waals surface area (Å²) in [5.74, 6) is 0.693. The topological polar surface area (TPSA) is 38.9 Å². The van der Waals surface area contributed by atoms with E-state index in [4.69, 9.17) is 14.4 Å². The van der Waals surface area contributed by atoms with Crippen molar-refractivity contribution in [2.24, 2.45) is 0 Å². The third-order valence-corrected chi connectivity index (χ3v) is 10.7. The van der Waals surface area contributed by atoms with Crippen LogP contribution in [0.5, 0.6) is 0 Å². The maximum atomic E-state index is 6.31. The van der Waals surface area contributed by atoms with Gasteiger partial charge < -0.3 is 4.42 Å². The lowest BCUT2D eigenvalue weighted by molar-refractivity contribution is 0.669. The number of rotatable bonds is 3. The SMILES string of the molecule is c1ccc(-c2nc(-c3ccc4c(c3)oc3ccccc34)cc(-c3cccc4c3-c3ccccc3C43c4ccccc4-c4ccccc43)n2)cc1. The molecule has 2 heterocycles. The number of nitrogens with zero attached hydrogens (tertiary/aromatic N) is 2. The molecule has 2 aliphatic carbocycles. The lowest BCUT2D eigenvalue weighted by Crippen LogP contribution is -2.25. The second-order valence-electron chi connectivity index (χ2n) is 13.3. The van der Waals surface area contributed by atoms with Crippen molar-refractivity contribution in [3.05, 3.63) is 192 Å². The van der Waals surface area contributed by atoms with Gasteiger partial charge in [-0.3, -0.25) is 0 Å². The van der Waals surface area contributed by atoms with Crippen molar-refractivity contribution in [1.82, 2.24) is 9.97 Å². The standard InChI is InChI=1S/C47H28N2O/c1-2-13-29(14-3-1)46-48-41(30-25-26-34-33-17-7-11-24-43(33)50-44(34)27-30)28-42(49-46)36-19-12-23-40-45(36)35-18-6-10-22-39(35)47(40)37-20-8-4-15-31(37)32-16-5-9-21-38(32)47/h1-28H. The predicted octanol–water partition coefficient (Wildman–Crippen LogP) is 11.7. The third-order valence-electron chi connectivity index (χ3n) is 10.7. The highest BCUT2D eigenvalue weighted by molar-refractivity contribution is 6.06. The summed E-state index contributed by atoms with van der Waals surface area (Å²) in [5, 5.41) is 2.21. The molecular formula is C47H28N2O. The van der Waals surface area contributed by atoms with E-state index >= 15 is 0 Å². The summed E-state index contributed by atoms with van der Waals surface area (Å²) in [6.07, 6.45) is 0. The van der Waals surface area contributed by atoms with Crippen LogP contribution in [0.25, 0.3) is 78.1 Å². The lowest BCUT2D eigenvalue weighted by Gasteiger charge is -2.30. The fraction of sp³-hybridized carbons (Fsp3) is 0.0213. The normalized spacial score (nSPS) is 13.4. The van der Waals surface area contributed by atoms with E-state index in [1.165, 1.54) is 44.5 Å². The van der Waals surface area contributed by atoms with Gasteiger partial charge in [0.15, 0.2) is 5.82 Å². The van der Waals surface area contributed by atoms with Crippen LogP contribution in [0, 0.1) is 0 Å². The van der Waals surface area contributed by atoms with Gasteiger partial charge >= 0.3 is 0 Å². The fourth-order valence-corrected chi connectivity index (χ4v) is 8.69. The molecular weight excluding hydrogens is 609 g/mol. The summed E-state index contributed by atoms with van der Waals surface area (Å²) in [4.78, 5) is 10.5. The van der Waals surface area contributed by atoms with Crippen LogP contribution < -0.4 is 0 Å². The van der Waals surface area contributed by atoms with Gasteiger partial charge in [-0.25, -0.2) is 9.97 Å². The van der Waals surface area contributed by atoms with Gasteiger partial charge in [-0.05, 0) is 68.8 Å². The number of fused-ring (bicyclic) bond motifs is 13. The molecule has 11 rings (SSSR count). The molecule has 50 heavy (non-hydrogen) atoms. The van der Waals surface area contributed by atoms with Gasteiger partial charge in [-0.15, -0.1) is 0 Å². The van der Waals surface area contributed by atoms with Crippen LogP contribution in [0.4, 0.5) is 0 Å². The third kappa shape index (κ3) is 3.64. The zero-order valence-electron chi connectivity index (χ0n) is 27.0. The maximum Gasteiger partial charge on any atom is 0.160 e. The highest BCUT2D eigenvalue weighted by Gasteiger charge is 2.52. The molecule has 0 radical (unpaired) electrons. The van der Waals surface area contributed by atoms with Crippen molar-refractivity contribution < 1.29 is 4.42 Å². The van der Waals surface area contributed by atoms with Crippen LogP contribution in [-0.4, -0.2) is 9.97 Å². The maximum absolute atomic E-state index is 6.31. The number of benzene rings is 7. The van der Waals surface area contributed by atoms with Crippen LogP contribution in [0.2, 0.25) is 0 Å². The minimum Gasteiger partial charge on any atom is -0.456 e. The zero-order valence-corrected chi connectivity index (χ0v) is 27.0. The van der Waals surface area contributed by atoms with E-state index in [-0.39, 0.29) is 0 Å². The van der Waals surface area contributed by atoms with Gasteiger partial charge in [0.25, 0.3) is 0 Å². The first-order chi connectivity index (χ1) is 24.8. The predicted molar refractivity (Wildman–Crippen MR) is 202 cm³/mol. The second-order valence-corrected chi connectivity index (χ2v) is 13.3. The van der Waals surface area contributed by atoms with E-state index in [2.05, 4.69) is 140 Å². The van der Waals surface area contributed by atoms with Crippen LogP contribution in [0.3, 0.4) is 0 Å². The monoisotopic (exact) mass is 636 g/mol. The molecule has 2 aliphatic rings. The zero-order chi connectivity index (χ0) is 32.8. The Morgan fingerprint density at radius 3 is 1.74 bits per heavy atom. The summed E-state index contributed by atoms with van der Waals surface area (Å²) < 4.78 is 6.31. The summed E-state index contributed by atoms with van der Waals surface area (Å²) in [6.45, 7) is 0. The number of hydrogen-bond donors (Lipinski definition) is 0. The summed E-state index contributed by atoms with van der Waals surface area (Å²) in [5.41, 5.74) is 16.5. The van der Waals surface area contributed by atoms with Crippen molar-refractivity contribution in [2.75, 3.05) is 0 Å². The highest BCUT2D eigenvalue weighted by Crippen LogP contribution is 2.63. The Morgan fingerprint density at radius 2 is 0.960 bits per heavy atom. The highest BCUT2D eigenvalue weighted by atomic mass is 16.3. The Bertz CT molecular complexity index is 2780. The largest absolute Gasteiger partial charge is 0.456 e. The molecule has 0 unspecified atom stereocenters. The quantitative estimate of drug-likeness (QED) is 0.194. The first kappa shape index (κ1) is 27.4. The molecule has 0 N–H and O–H groups in total. The van der Waals surface area contributed by atoms with E-state index in [0.29, 0.717) is 5.82 Å². The number of aromatic nitrogens is 2. The molecule has 3 nitrogen and oxygen atoms in total. The van der Waals surface area contributed by atoms with E-state index in [1.54, 1.807) is 0 Å². The van der Waals surface area contributed by atoms with Crippen molar-refractivity contribution in [3.63, 3.8) is 0 Å². The van der Waals surface area contributed by atoms with E-state index in [9.17, 15) is 0 Å². The van der Waals surface area contributed by atoms with Crippen molar-refractivity contribution in [2.45, 2.75) is 5.41 Å². The summed E-state index contributed by atoms with van der Waals surface area (Å²) in [7, 11) is 0. The summed E-state index contributed by atoms with van der Waals surface area (Å²) >= 11 is 0. The smallest absolute Gasteiger partial charge is 0.160 e. The Labute approximate surface area is 289 Å². The molecule has 0 atom stereocenters. The van der Waals surface area contributed by atoms with Crippen molar-refractivity contribution in [1.29, 1.82) is 0 Å². The molecule has 0 bridgehead atoms. The molecule has 0 saturated carbocycles. The minimum absolute atomic E-state index is 0.417. The molecule has 0 aliphatic heterocycles. The average molecular weight is 637 g/mol. The molecule has 0 fully saturated rings. The van der Waals surface area contributed by atoms with Gasteiger partial charge in [-0.1, -0.05) is 146 Å². The van der Waals surface area contributed by atoms with Crippen molar-refractivity contribution in [3.8, 4) is 56.2 Å². The van der Waals surface area contributed by atoms with E-state index in [1.807, 2.05) is 30.3 Å². The first-order valence-electron chi connectivity index (χ1n) is 17.1. The van der Waals surface area contributed by atoms with E-state index in [0.717, 1.165) is 50.0 Å². The Kier molecular flexibility index (Phi) is 5.59. The molecule has 7 aromatic carbocycles. The van der Waals surface area contributed by atoms with Crippen LogP contribution in [0.15, 0.2) is 174 Å². The van der Waals surface area contributed by atoms with Gasteiger partial charge in [0.05, 0.1) is 16.8 Å². The van der Waals surface area contributed by atoms with Crippen LogP contribution in [0.1, 0.15) is 22.3 Å². The Balaban J connectivity index is 1.19. The lowest BCUT2D eigenvalue weighted by atomic mass is 9.70. The Hall–Kier alpha value is -6.58. The Morgan fingerprint density at radius 1 is 0.380 bits per heavy atom. The second kappa shape index (κ2) is 10.2. The first-order valence-corrected chi connectivity index (χ1v) is 17.1. The van der Waals surface area contributed by atoms with Gasteiger partial charge in [-0.2, -0.15) is 0 Å². The molecule has 232 valence electrons. The van der Waals surface area contributed by atoms with Crippen LogP contribution >= 0.6 is 0 Å². The molecule has 2 aromatic heterocycles. The minimum atomic E-state index is -0.417. The summed E-state index contributed by atoms with van der Waals surface area (Å²) in [6, 6.07) is 60.6. The van der Waals surface area contributed by atoms with Gasteiger partial charge in [0.1, 0.15) is 11.2 Å². The molecule has 9 aromatic rings. The van der Waals surface area contributed by atoms with Gasteiger partial charge in [0, 0.05) is 27.5 Å². The molecule has 0 saturated heterocycles. The fourth-order valence-electron chi connectivity index (χ4n) is 8.69. The van der Waals surface area contributed by atoms with Crippen LogP contribution in [-0.2, 0) is 5.41 Å². The van der Waals surface area contributed by atoms with Gasteiger partial charge in [0.2, 0.25) is 0 Å². The molecule has 3 heteroatoms.